The van der Waals surface area contributed by atoms with Crippen LogP contribution in [0.25, 0.3) is 0 Å². The van der Waals surface area contributed by atoms with Crippen molar-refractivity contribution in [1.29, 1.82) is 0 Å². The molecule has 0 saturated carbocycles. The Labute approximate surface area is 139 Å². The molecule has 0 aliphatic heterocycles. The maximum Gasteiger partial charge on any atom is 0.245 e. The van der Waals surface area contributed by atoms with Crippen LogP contribution in [-0.2, 0) is 22.1 Å². The second-order valence-electron chi connectivity index (χ2n) is 6.86. The van der Waals surface area contributed by atoms with Gasteiger partial charge in [-0.3, -0.25) is 14.3 Å². The first kappa shape index (κ1) is 19.2. The minimum Gasteiger partial charge on any atom is -0.333 e. The number of anilines is 1. The lowest BCUT2D eigenvalue weighted by Crippen LogP contribution is -2.38. The minimum atomic E-state index is -0.189. The highest BCUT2D eigenvalue weighted by atomic mass is 16.2. The molecule has 0 radical (unpaired) electrons. The molecule has 0 aliphatic rings. The number of hydrogen-bond donors (Lipinski definition) is 1. The zero-order valence-electron chi connectivity index (χ0n) is 15.3. The Balaban J connectivity index is 2.74. The molecule has 1 N–H and O–H groups in total. The summed E-state index contributed by atoms with van der Waals surface area (Å²) in [5.41, 5.74) is 0.842. The highest BCUT2D eigenvalue weighted by molar-refractivity contribution is 5.93. The number of amides is 2. The Hall–Kier alpha value is -1.85. The lowest BCUT2D eigenvalue weighted by Gasteiger charge is -2.21. The fourth-order valence-corrected chi connectivity index (χ4v) is 2.17. The number of rotatable bonds is 7. The molecule has 0 unspecified atom stereocenters. The van der Waals surface area contributed by atoms with Crippen molar-refractivity contribution in [2.45, 2.75) is 59.3 Å². The van der Waals surface area contributed by atoms with Gasteiger partial charge in [0.05, 0.1) is 12.2 Å². The Morgan fingerprint density at radius 3 is 2.43 bits per heavy atom. The second kappa shape index (κ2) is 8.13. The Morgan fingerprint density at radius 2 is 1.96 bits per heavy atom. The van der Waals surface area contributed by atoms with E-state index in [1.807, 2.05) is 13.0 Å². The number of nitrogens with one attached hydrogen (secondary N) is 1. The predicted molar refractivity (Wildman–Crippen MR) is 92.3 cm³/mol. The summed E-state index contributed by atoms with van der Waals surface area (Å²) < 4.78 is 1.66. The van der Waals surface area contributed by atoms with Gasteiger partial charge in [-0.1, -0.05) is 41.0 Å². The molecule has 23 heavy (non-hydrogen) atoms. The zero-order chi connectivity index (χ0) is 17.6. The molecule has 0 fully saturated rings. The summed E-state index contributed by atoms with van der Waals surface area (Å²) in [4.78, 5) is 25.8. The first-order valence-electron chi connectivity index (χ1n) is 8.31. The molecule has 0 atom stereocenters. The van der Waals surface area contributed by atoms with Crippen LogP contribution in [0.5, 0.6) is 0 Å². The number of hydrogen-bond acceptors (Lipinski definition) is 3. The third kappa shape index (κ3) is 5.69. The van der Waals surface area contributed by atoms with Crippen molar-refractivity contribution in [3.63, 3.8) is 0 Å². The van der Waals surface area contributed by atoms with Gasteiger partial charge in [0.1, 0.15) is 5.82 Å². The van der Waals surface area contributed by atoms with E-state index in [0.717, 1.165) is 18.5 Å². The molecular formula is C17H30N4O2. The summed E-state index contributed by atoms with van der Waals surface area (Å²) in [6.45, 7) is 10.8. The number of aromatic nitrogens is 2. The van der Waals surface area contributed by atoms with E-state index >= 15 is 0 Å². The van der Waals surface area contributed by atoms with E-state index in [4.69, 9.17) is 0 Å². The maximum atomic E-state index is 12.3. The summed E-state index contributed by atoms with van der Waals surface area (Å²) in [5, 5.41) is 7.29. The first-order valence-corrected chi connectivity index (χ1v) is 8.31. The van der Waals surface area contributed by atoms with Crippen LogP contribution in [0.3, 0.4) is 0 Å². The van der Waals surface area contributed by atoms with Crippen LogP contribution in [-0.4, -0.2) is 39.6 Å². The van der Waals surface area contributed by atoms with Crippen LogP contribution in [0.4, 0.5) is 5.82 Å². The van der Waals surface area contributed by atoms with Crippen molar-refractivity contribution in [2.24, 2.45) is 7.05 Å². The average Bonchev–Trinajstić information content (AvgIpc) is 2.83. The van der Waals surface area contributed by atoms with Gasteiger partial charge in [-0.2, -0.15) is 5.10 Å². The third-order valence-corrected chi connectivity index (χ3v) is 3.69. The lowest BCUT2D eigenvalue weighted by molar-refractivity contribution is -0.134. The van der Waals surface area contributed by atoms with Gasteiger partial charge in [0.25, 0.3) is 0 Å². The number of carbonyl (C=O) groups excluding carboxylic acids is 2. The Bertz CT molecular complexity index is 543. The molecule has 0 aromatic carbocycles. The molecule has 0 spiro atoms. The van der Waals surface area contributed by atoms with Crippen molar-refractivity contribution >= 4 is 17.6 Å². The SMILES string of the molecule is CCCCN(CC(=O)Nc1cc(C(C)(C)C)nn1C)C(=O)CC. The van der Waals surface area contributed by atoms with Gasteiger partial charge in [0, 0.05) is 31.5 Å². The first-order chi connectivity index (χ1) is 10.7. The molecule has 1 aromatic heterocycles. The van der Waals surface area contributed by atoms with Gasteiger partial charge >= 0.3 is 0 Å². The Morgan fingerprint density at radius 1 is 1.30 bits per heavy atom. The fraction of sp³-hybridized carbons (Fsp3) is 0.706. The van der Waals surface area contributed by atoms with E-state index in [9.17, 15) is 9.59 Å². The monoisotopic (exact) mass is 322 g/mol. The van der Waals surface area contributed by atoms with Crippen LogP contribution in [0.1, 0.15) is 59.6 Å². The third-order valence-electron chi connectivity index (χ3n) is 3.69. The van der Waals surface area contributed by atoms with Crippen molar-refractivity contribution in [2.75, 3.05) is 18.4 Å². The smallest absolute Gasteiger partial charge is 0.245 e. The number of carbonyl (C=O) groups is 2. The highest BCUT2D eigenvalue weighted by Crippen LogP contribution is 2.23. The van der Waals surface area contributed by atoms with Crippen molar-refractivity contribution in [3.8, 4) is 0 Å². The summed E-state index contributed by atoms with van der Waals surface area (Å²) in [7, 11) is 1.80. The van der Waals surface area contributed by atoms with Gasteiger partial charge in [-0.15, -0.1) is 0 Å². The summed E-state index contributed by atoms with van der Waals surface area (Å²) in [6, 6.07) is 1.88. The van der Waals surface area contributed by atoms with E-state index in [2.05, 4.69) is 38.1 Å². The number of aryl methyl sites for hydroxylation is 1. The largest absolute Gasteiger partial charge is 0.333 e. The molecule has 0 saturated heterocycles. The van der Waals surface area contributed by atoms with Crippen molar-refractivity contribution < 1.29 is 9.59 Å². The molecule has 2 amide bonds. The fourth-order valence-electron chi connectivity index (χ4n) is 2.17. The summed E-state index contributed by atoms with van der Waals surface area (Å²) in [5.74, 6) is 0.472. The van der Waals surface area contributed by atoms with Crippen LogP contribution in [0.2, 0.25) is 0 Å². The van der Waals surface area contributed by atoms with E-state index < -0.39 is 0 Å². The quantitative estimate of drug-likeness (QED) is 0.839. The van der Waals surface area contributed by atoms with Gasteiger partial charge in [0.2, 0.25) is 11.8 Å². The maximum absolute atomic E-state index is 12.3. The number of unbranched alkanes of at least 4 members (excludes halogenated alkanes) is 1. The van der Waals surface area contributed by atoms with E-state index in [1.54, 1.807) is 16.6 Å². The number of nitrogens with zero attached hydrogens (tertiary/aromatic N) is 3. The molecule has 6 nitrogen and oxygen atoms in total. The molecule has 0 aliphatic carbocycles. The van der Waals surface area contributed by atoms with Crippen molar-refractivity contribution in [3.05, 3.63) is 11.8 Å². The minimum absolute atomic E-state index is 0.00832. The molecular weight excluding hydrogens is 292 g/mol. The van der Waals surface area contributed by atoms with E-state index in [1.165, 1.54) is 0 Å². The molecule has 0 bridgehead atoms. The second-order valence-corrected chi connectivity index (χ2v) is 6.86. The van der Waals surface area contributed by atoms with Crippen LogP contribution >= 0.6 is 0 Å². The topological polar surface area (TPSA) is 67.2 Å². The molecule has 130 valence electrons. The molecule has 1 heterocycles. The molecule has 1 aromatic rings. The lowest BCUT2D eigenvalue weighted by atomic mass is 9.92. The van der Waals surface area contributed by atoms with Gasteiger partial charge < -0.3 is 10.2 Å². The van der Waals surface area contributed by atoms with Crippen LogP contribution in [0.15, 0.2) is 6.07 Å². The van der Waals surface area contributed by atoms with Gasteiger partial charge in [0.15, 0.2) is 0 Å². The summed E-state index contributed by atoms with van der Waals surface area (Å²) >= 11 is 0. The van der Waals surface area contributed by atoms with Crippen molar-refractivity contribution in [1.82, 2.24) is 14.7 Å². The van der Waals surface area contributed by atoms with Crippen LogP contribution < -0.4 is 5.32 Å². The zero-order valence-corrected chi connectivity index (χ0v) is 15.3. The standard InChI is InChI=1S/C17H30N4O2/c1-7-9-10-21(16(23)8-2)12-15(22)18-14-11-13(17(3,4)5)19-20(14)6/h11H,7-10,12H2,1-6H3,(H,18,22). The van der Waals surface area contributed by atoms with E-state index in [-0.39, 0.29) is 23.8 Å². The highest BCUT2D eigenvalue weighted by Gasteiger charge is 2.21. The van der Waals surface area contributed by atoms with Gasteiger partial charge in [-0.25, -0.2) is 0 Å². The summed E-state index contributed by atoms with van der Waals surface area (Å²) in [6.07, 6.45) is 2.31. The average molecular weight is 322 g/mol. The predicted octanol–water partition coefficient (Wildman–Crippen LogP) is 2.69. The normalized spacial score (nSPS) is 11.4. The van der Waals surface area contributed by atoms with Crippen LogP contribution in [0, 0.1) is 0 Å². The van der Waals surface area contributed by atoms with Gasteiger partial charge in [-0.05, 0) is 6.42 Å². The molecule has 1 rings (SSSR count). The van der Waals surface area contributed by atoms with E-state index in [0.29, 0.717) is 18.8 Å². The Kier molecular flexibility index (Phi) is 6.79. The molecule has 6 heteroatoms.